The van der Waals surface area contributed by atoms with Crippen molar-refractivity contribution in [1.29, 1.82) is 0 Å². The number of para-hydroxylation sites is 1. The summed E-state index contributed by atoms with van der Waals surface area (Å²) in [5.74, 6) is -0.180. The van der Waals surface area contributed by atoms with Crippen molar-refractivity contribution in [3.63, 3.8) is 0 Å². The summed E-state index contributed by atoms with van der Waals surface area (Å²) >= 11 is 0. The molecule has 0 spiro atoms. The van der Waals surface area contributed by atoms with Crippen LogP contribution in [-0.2, 0) is 16.3 Å². The number of nitrogens with one attached hydrogen (secondary N) is 1. The van der Waals surface area contributed by atoms with Crippen LogP contribution in [-0.4, -0.2) is 59.0 Å². The molecule has 2 aromatic rings. The summed E-state index contributed by atoms with van der Waals surface area (Å²) in [6.45, 7) is 1.45. The fraction of sp³-hybridized carbons (Fsp3) is 0.600. The van der Waals surface area contributed by atoms with E-state index in [1.807, 2.05) is 0 Å². The van der Waals surface area contributed by atoms with E-state index in [-0.39, 0.29) is 36.6 Å². The van der Waals surface area contributed by atoms with Gasteiger partial charge >= 0.3 is 0 Å². The Hall–Kier alpha value is -2.43. The van der Waals surface area contributed by atoms with Gasteiger partial charge in [0.2, 0.25) is 0 Å². The average molecular weight is 511 g/mol. The number of phenolic OH excluding ortho intramolecular Hbond substituents is 1. The third-order valence-electron chi connectivity index (χ3n) is 6.29. The van der Waals surface area contributed by atoms with Gasteiger partial charge in [-0.3, -0.25) is 4.79 Å². The van der Waals surface area contributed by atoms with Gasteiger partial charge in [0.1, 0.15) is 23.3 Å². The Balaban J connectivity index is 1.90. The molecule has 0 radical (unpaired) electrons. The molecule has 0 saturated carbocycles. The average Bonchev–Trinajstić information content (AvgIpc) is 3.28. The maximum Gasteiger partial charge on any atom is 0.255 e. The number of aromatic hydroxyl groups is 1. The molecule has 0 aliphatic rings. The third kappa shape index (κ3) is 8.94. The number of amides is 1. The van der Waals surface area contributed by atoms with Crippen molar-refractivity contribution in [1.82, 2.24) is 10.5 Å². The molecule has 0 aliphatic carbocycles. The molecule has 1 amide bonds. The molecule has 4 N–H and O–H groups in total. The second-order valence-corrected chi connectivity index (χ2v) is 11.8. The molecular formula is C25H38N2O7S. The van der Waals surface area contributed by atoms with Crippen LogP contribution in [0.3, 0.4) is 0 Å². The highest BCUT2D eigenvalue weighted by atomic mass is 32.2. The minimum atomic E-state index is -3.69. The van der Waals surface area contributed by atoms with Crippen LogP contribution in [0, 0.1) is 0 Å². The molecule has 2 atom stereocenters. The molecule has 0 saturated heterocycles. The lowest BCUT2D eigenvalue weighted by molar-refractivity contribution is 0.0936. The van der Waals surface area contributed by atoms with Crippen LogP contribution in [0.25, 0.3) is 0 Å². The lowest BCUT2D eigenvalue weighted by Crippen LogP contribution is -2.47. The number of aliphatic hydroxyl groups is 2. The monoisotopic (exact) mass is 510 g/mol. The number of phenols is 1. The molecule has 1 aromatic heterocycles. The first-order valence-corrected chi connectivity index (χ1v) is 14.0. The number of aryl methyl sites for hydroxylation is 1. The van der Waals surface area contributed by atoms with Crippen LogP contribution in [0.1, 0.15) is 86.2 Å². The third-order valence-corrected chi connectivity index (χ3v) is 8.39. The highest BCUT2D eigenvalue weighted by Crippen LogP contribution is 2.30. The molecule has 1 aromatic carbocycles. The standard InChI is InChI=1S/C25H38N2O7S/c1-25(35(2,32)33,18-26-24(31)20-13-9-10-14-22(20)29)17-23(30)21-16-19(34-27-21)12-8-6-4-3-5-7-11-15-28/h9-10,13-14,16,23,28-30H,3-8,11-12,15,17-18H2,1-2H3,(H,26,31). The number of rotatable bonds is 16. The van der Waals surface area contributed by atoms with Crippen LogP contribution < -0.4 is 5.32 Å². The fourth-order valence-corrected chi connectivity index (χ4v) is 4.59. The summed E-state index contributed by atoms with van der Waals surface area (Å²) < 4.78 is 29.0. The van der Waals surface area contributed by atoms with Gasteiger partial charge < -0.3 is 25.2 Å². The first-order valence-electron chi connectivity index (χ1n) is 12.1. The van der Waals surface area contributed by atoms with Gasteiger partial charge in [-0.2, -0.15) is 0 Å². The molecule has 10 heteroatoms. The Kier molecular flexibility index (Phi) is 11.2. The number of carbonyl (C=O) groups excluding carboxylic acids is 1. The van der Waals surface area contributed by atoms with Gasteiger partial charge in [-0.1, -0.05) is 49.4 Å². The van der Waals surface area contributed by atoms with Crippen LogP contribution in [0.5, 0.6) is 5.75 Å². The van der Waals surface area contributed by atoms with Gasteiger partial charge in [0.15, 0.2) is 9.84 Å². The van der Waals surface area contributed by atoms with Crippen molar-refractivity contribution in [2.75, 3.05) is 19.4 Å². The number of carbonyl (C=O) groups is 1. The first kappa shape index (κ1) is 28.8. The second-order valence-electron chi connectivity index (χ2n) is 9.31. The number of nitrogens with zero attached hydrogens (tertiary/aromatic N) is 1. The Bertz CT molecular complexity index is 1040. The quantitative estimate of drug-likeness (QED) is 0.251. The predicted molar refractivity (Wildman–Crippen MR) is 133 cm³/mol. The highest BCUT2D eigenvalue weighted by molar-refractivity contribution is 7.92. The van der Waals surface area contributed by atoms with E-state index < -0.39 is 26.6 Å². The zero-order valence-electron chi connectivity index (χ0n) is 20.6. The van der Waals surface area contributed by atoms with Gasteiger partial charge in [0.05, 0.1) is 10.3 Å². The van der Waals surface area contributed by atoms with Crippen molar-refractivity contribution in [3.05, 3.63) is 47.3 Å². The molecule has 2 rings (SSSR count). The minimum absolute atomic E-state index is 0.0372. The van der Waals surface area contributed by atoms with E-state index in [2.05, 4.69) is 10.5 Å². The lowest BCUT2D eigenvalue weighted by Gasteiger charge is -2.29. The lowest BCUT2D eigenvalue weighted by atomic mass is 9.99. The second kappa shape index (κ2) is 13.6. The van der Waals surface area contributed by atoms with E-state index >= 15 is 0 Å². The first-order chi connectivity index (χ1) is 16.6. The number of sulfone groups is 1. The number of hydrogen-bond donors (Lipinski definition) is 4. The number of unbranched alkanes of at least 4 members (excludes halogenated alkanes) is 6. The number of benzene rings is 1. The molecule has 1 heterocycles. The maximum absolute atomic E-state index is 12.6. The molecule has 9 nitrogen and oxygen atoms in total. The van der Waals surface area contributed by atoms with Crippen molar-refractivity contribution < 1.29 is 33.1 Å². The summed E-state index contributed by atoms with van der Waals surface area (Å²) in [4.78, 5) is 12.4. The smallest absolute Gasteiger partial charge is 0.255 e. The van der Waals surface area contributed by atoms with Crippen LogP contribution in [0.2, 0.25) is 0 Å². The van der Waals surface area contributed by atoms with E-state index in [0.29, 0.717) is 12.2 Å². The summed E-state index contributed by atoms with van der Waals surface area (Å²) in [7, 11) is -3.69. The molecule has 0 bridgehead atoms. The largest absolute Gasteiger partial charge is 0.507 e. The van der Waals surface area contributed by atoms with E-state index in [4.69, 9.17) is 9.63 Å². The Morgan fingerprint density at radius 1 is 1.11 bits per heavy atom. The molecule has 2 unspecified atom stereocenters. The highest BCUT2D eigenvalue weighted by Gasteiger charge is 2.39. The van der Waals surface area contributed by atoms with Gasteiger partial charge in [0, 0.05) is 38.3 Å². The van der Waals surface area contributed by atoms with Crippen molar-refractivity contribution in [3.8, 4) is 5.75 Å². The maximum atomic E-state index is 12.6. The molecule has 35 heavy (non-hydrogen) atoms. The normalized spacial score (nSPS) is 14.4. The number of aromatic nitrogens is 1. The van der Waals surface area contributed by atoms with Gasteiger partial charge in [-0.05, 0) is 31.9 Å². The topological polar surface area (TPSA) is 150 Å². The van der Waals surface area contributed by atoms with Crippen molar-refractivity contribution in [2.45, 2.75) is 75.6 Å². The zero-order valence-corrected chi connectivity index (χ0v) is 21.4. The summed E-state index contributed by atoms with van der Waals surface area (Å²) in [5.41, 5.74) is 0.293. The Labute approximate surface area is 207 Å². The van der Waals surface area contributed by atoms with Crippen LogP contribution in [0.4, 0.5) is 0 Å². The Morgan fingerprint density at radius 3 is 2.37 bits per heavy atom. The predicted octanol–water partition coefficient (Wildman–Crippen LogP) is 3.30. The summed E-state index contributed by atoms with van der Waals surface area (Å²) in [6, 6.07) is 7.63. The molecule has 196 valence electrons. The van der Waals surface area contributed by atoms with Crippen LogP contribution >= 0.6 is 0 Å². The SMILES string of the molecule is CC(CNC(=O)c1ccccc1O)(CC(O)c1cc(CCCCCCCCCO)on1)S(C)(=O)=O. The van der Waals surface area contributed by atoms with Gasteiger partial charge in [0.25, 0.3) is 5.91 Å². The summed E-state index contributed by atoms with van der Waals surface area (Å²) in [6.07, 6.45) is 7.57. The molecule has 0 fully saturated rings. The van der Waals surface area contributed by atoms with Crippen molar-refractivity contribution in [2.24, 2.45) is 0 Å². The zero-order chi connectivity index (χ0) is 25.9. The fourth-order valence-electron chi connectivity index (χ4n) is 3.80. The van der Waals surface area contributed by atoms with E-state index in [1.165, 1.54) is 19.1 Å². The molecule has 0 aliphatic heterocycles. The summed E-state index contributed by atoms with van der Waals surface area (Å²) in [5, 5.41) is 35.8. The number of hydrogen-bond acceptors (Lipinski definition) is 8. The van der Waals surface area contributed by atoms with E-state index in [1.54, 1.807) is 18.2 Å². The number of aliphatic hydroxyl groups excluding tert-OH is 2. The van der Waals surface area contributed by atoms with Crippen molar-refractivity contribution >= 4 is 15.7 Å². The van der Waals surface area contributed by atoms with Crippen LogP contribution in [0.15, 0.2) is 34.9 Å². The van der Waals surface area contributed by atoms with E-state index in [0.717, 1.165) is 51.2 Å². The minimum Gasteiger partial charge on any atom is -0.507 e. The van der Waals surface area contributed by atoms with Gasteiger partial charge in [-0.25, -0.2) is 8.42 Å². The van der Waals surface area contributed by atoms with E-state index in [9.17, 15) is 23.4 Å². The van der Waals surface area contributed by atoms with Gasteiger partial charge in [-0.15, -0.1) is 0 Å². The molecular weight excluding hydrogens is 472 g/mol. The Morgan fingerprint density at radius 2 is 1.74 bits per heavy atom.